The van der Waals surface area contributed by atoms with Gasteiger partial charge in [-0.25, -0.2) is 4.98 Å². The van der Waals surface area contributed by atoms with Crippen LogP contribution in [0.15, 0.2) is 40.1 Å². The molecule has 0 bridgehead atoms. The van der Waals surface area contributed by atoms with Crippen LogP contribution in [-0.4, -0.2) is 17.0 Å². The lowest BCUT2D eigenvalue weighted by Gasteiger charge is -1.98. The highest BCUT2D eigenvalue weighted by Gasteiger charge is 2.03. The smallest absolute Gasteiger partial charge is 0.183 e. The molecule has 20 heavy (non-hydrogen) atoms. The number of rotatable bonds is 6. The van der Waals surface area contributed by atoms with Crippen molar-refractivity contribution in [1.29, 1.82) is 0 Å². The third-order valence-corrected chi connectivity index (χ3v) is 3.94. The van der Waals surface area contributed by atoms with E-state index in [4.69, 9.17) is 16.4 Å². The summed E-state index contributed by atoms with van der Waals surface area (Å²) < 4.78 is 1.41. The fourth-order valence-electron chi connectivity index (χ4n) is 1.38. The summed E-state index contributed by atoms with van der Waals surface area (Å²) in [6.45, 7) is 0.299. The number of carbonyl (C=O) groups excluding carboxylic acids is 1. The summed E-state index contributed by atoms with van der Waals surface area (Å²) in [6.07, 6.45) is 3.29. The maximum Gasteiger partial charge on any atom is 0.183 e. The predicted molar refractivity (Wildman–Crippen MR) is 83.5 cm³/mol. The van der Waals surface area contributed by atoms with E-state index < -0.39 is 0 Å². The summed E-state index contributed by atoms with van der Waals surface area (Å²) in [7, 11) is 0. The number of hydrogen-bond acceptors (Lipinski definition) is 5. The maximum atomic E-state index is 11.8. The van der Waals surface area contributed by atoms with E-state index in [1.54, 1.807) is 18.3 Å². The number of oxime groups is 1. The summed E-state index contributed by atoms with van der Waals surface area (Å²) in [5.41, 5.74) is 0.647. The molecular weight excluding hydrogens is 364 g/mol. The molecule has 2 rings (SSSR count). The Balaban J connectivity index is 1.75. The fraction of sp³-hybridized carbons (Fsp3) is 0.154. The van der Waals surface area contributed by atoms with Crippen molar-refractivity contribution in [3.63, 3.8) is 0 Å². The lowest BCUT2D eigenvalue weighted by molar-refractivity contribution is 0.0996. The van der Waals surface area contributed by atoms with Gasteiger partial charge >= 0.3 is 0 Å². The van der Waals surface area contributed by atoms with Crippen LogP contribution in [0, 0.1) is 0 Å². The van der Waals surface area contributed by atoms with Crippen LogP contribution in [0.1, 0.15) is 21.7 Å². The van der Waals surface area contributed by atoms with E-state index in [9.17, 15) is 4.79 Å². The highest BCUT2D eigenvalue weighted by Crippen LogP contribution is 2.18. The minimum absolute atomic E-state index is 0.00863. The summed E-state index contributed by atoms with van der Waals surface area (Å²) in [5, 5.41) is 3.74. The zero-order valence-electron chi connectivity index (χ0n) is 10.3. The molecule has 1 heterocycles. The van der Waals surface area contributed by atoms with E-state index in [-0.39, 0.29) is 12.2 Å². The average Bonchev–Trinajstić information content (AvgIpc) is 2.84. The third-order valence-electron chi connectivity index (χ3n) is 2.32. The zero-order valence-corrected chi connectivity index (χ0v) is 13.4. The molecule has 0 atom stereocenters. The minimum Gasteiger partial charge on any atom is -0.390 e. The third kappa shape index (κ3) is 4.70. The Labute approximate surface area is 133 Å². The van der Waals surface area contributed by atoms with Crippen molar-refractivity contribution in [2.24, 2.45) is 5.16 Å². The molecule has 0 aliphatic carbocycles. The zero-order chi connectivity index (χ0) is 14.4. The normalized spacial score (nSPS) is 10.9. The van der Waals surface area contributed by atoms with Crippen LogP contribution >= 0.6 is 38.9 Å². The Morgan fingerprint density at radius 2 is 2.20 bits per heavy atom. The minimum atomic E-state index is -0.00863. The second kappa shape index (κ2) is 7.52. The van der Waals surface area contributed by atoms with Crippen LogP contribution < -0.4 is 0 Å². The van der Waals surface area contributed by atoms with Crippen molar-refractivity contribution in [3.8, 4) is 0 Å². The summed E-state index contributed by atoms with van der Waals surface area (Å²) in [6, 6.07) is 7.18. The molecule has 0 saturated carbocycles. The molecule has 0 saturated heterocycles. The Morgan fingerprint density at radius 3 is 2.85 bits per heavy atom. The van der Waals surface area contributed by atoms with Gasteiger partial charge in [0, 0.05) is 22.7 Å². The molecule has 7 heteroatoms. The van der Waals surface area contributed by atoms with E-state index in [1.165, 1.54) is 17.6 Å². The molecule has 0 N–H and O–H groups in total. The van der Waals surface area contributed by atoms with Gasteiger partial charge in [0.05, 0.1) is 11.1 Å². The summed E-state index contributed by atoms with van der Waals surface area (Å²) >= 11 is 10.3. The van der Waals surface area contributed by atoms with Gasteiger partial charge in [0.15, 0.2) is 16.9 Å². The van der Waals surface area contributed by atoms with Gasteiger partial charge in [-0.2, -0.15) is 0 Å². The Morgan fingerprint density at radius 1 is 1.45 bits per heavy atom. The number of carbonyl (C=O) groups is 1. The van der Waals surface area contributed by atoms with E-state index in [0.717, 1.165) is 9.35 Å². The largest absolute Gasteiger partial charge is 0.390 e. The molecule has 0 radical (unpaired) electrons. The molecular formula is C13H10BrClN2O2S. The molecule has 4 nitrogen and oxygen atoms in total. The van der Waals surface area contributed by atoms with Crippen LogP contribution in [-0.2, 0) is 11.4 Å². The Kier molecular flexibility index (Phi) is 5.70. The molecule has 1 aromatic heterocycles. The van der Waals surface area contributed by atoms with Crippen molar-refractivity contribution in [3.05, 3.63) is 49.8 Å². The predicted octanol–water partition coefficient (Wildman–Crippen LogP) is 4.33. The number of Topliss-reactive ketones (excluding diaryl/α,β-unsaturated/α-hetero) is 1. The first-order valence-electron chi connectivity index (χ1n) is 5.68. The highest BCUT2D eigenvalue weighted by atomic mass is 79.9. The SMILES string of the molecule is O=C(CC=NOCc1cnc(Cl)s1)c1ccc(Br)cc1. The van der Waals surface area contributed by atoms with Gasteiger partial charge in [0.25, 0.3) is 0 Å². The van der Waals surface area contributed by atoms with E-state index in [1.807, 2.05) is 12.1 Å². The molecule has 2 aromatic rings. The first-order chi connectivity index (χ1) is 9.65. The van der Waals surface area contributed by atoms with Gasteiger partial charge in [-0.1, -0.05) is 44.8 Å². The molecule has 1 aromatic carbocycles. The van der Waals surface area contributed by atoms with Gasteiger partial charge in [-0.15, -0.1) is 11.3 Å². The molecule has 0 aliphatic heterocycles. The first kappa shape index (κ1) is 15.2. The van der Waals surface area contributed by atoms with Crippen molar-refractivity contribution in [2.75, 3.05) is 0 Å². The topological polar surface area (TPSA) is 51.5 Å². The number of nitrogens with zero attached hydrogens (tertiary/aromatic N) is 2. The van der Waals surface area contributed by atoms with Gasteiger partial charge in [0.1, 0.15) is 0 Å². The fourth-order valence-corrected chi connectivity index (χ4v) is 2.53. The van der Waals surface area contributed by atoms with Gasteiger partial charge in [-0.3, -0.25) is 4.79 Å². The van der Waals surface area contributed by atoms with E-state index in [2.05, 4.69) is 26.1 Å². The van der Waals surface area contributed by atoms with Crippen LogP contribution in [0.25, 0.3) is 0 Å². The molecule has 0 aliphatic rings. The first-order valence-corrected chi connectivity index (χ1v) is 7.66. The number of aromatic nitrogens is 1. The number of benzene rings is 1. The van der Waals surface area contributed by atoms with Gasteiger partial charge in [0.2, 0.25) is 0 Å². The number of ketones is 1. The van der Waals surface area contributed by atoms with Gasteiger partial charge in [-0.05, 0) is 12.1 Å². The highest BCUT2D eigenvalue weighted by molar-refractivity contribution is 9.10. The molecule has 0 fully saturated rings. The van der Waals surface area contributed by atoms with Crippen molar-refractivity contribution >= 4 is 50.9 Å². The Bertz CT molecular complexity index is 613. The van der Waals surface area contributed by atoms with E-state index >= 15 is 0 Å². The second-order valence-electron chi connectivity index (χ2n) is 3.78. The monoisotopic (exact) mass is 372 g/mol. The van der Waals surface area contributed by atoms with Gasteiger partial charge < -0.3 is 4.84 Å². The van der Waals surface area contributed by atoms with Crippen LogP contribution in [0.4, 0.5) is 0 Å². The molecule has 0 spiro atoms. The van der Waals surface area contributed by atoms with Crippen molar-refractivity contribution in [1.82, 2.24) is 4.98 Å². The van der Waals surface area contributed by atoms with E-state index in [0.29, 0.717) is 16.6 Å². The van der Waals surface area contributed by atoms with Crippen LogP contribution in [0.5, 0.6) is 0 Å². The molecule has 104 valence electrons. The number of halogens is 2. The number of thiazole rings is 1. The average molecular weight is 374 g/mol. The van der Waals surface area contributed by atoms with Crippen LogP contribution in [0.3, 0.4) is 0 Å². The quantitative estimate of drug-likeness (QED) is 0.430. The number of hydrogen-bond donors (Lipinski definition) is 0. The standard InChI is InChI=1S/C13H10BrClN2O2S/c14-10-3-1-9(2-4-10)12(18)5-6-17-19-8-11-7-16-13(15)20-11/h1-4,6-7H,5,8H2. The van der Waals surface area contributed by atoms with Crippen molar-refractivity contribution in [2.45, 2.75) is 13.0 Å². The summed E-state index contributed by atoms with van der Waals surface area (Å²) in [5.74, 6) is -0.00863. The van der Waals surface area contributed by atoms with Crippen molar-refractivity contribution < 1.29 is 9.63 Å². The Hall–Kier alpha value is -1.24. The second-order valence-corrected chi connectivity index (χ2v) is 6.39. The lowest BCUT2D eigenvalue weighted by atomic mass is 10.1. The maximum absolute atomic E-state index is 11.8. The van der Waals surface area contributed by atoms with Crippen LogP contribution in [0.2, 0.25) is 4.47 Å². The lowest BCUT2D eigenvalue weighted by Crippen LogP contribution is -1.99. The molecule has 0 amide bonds. The molecule has 0 unspecified atom stereocenters. The summed E-state index contributed by atoms with van der Waals surface area (Å²) in [4.78, 5) is 21.6.